The van der Waals surface area contributed by atoms with Crippen molar-refractivity contribution in [2.75, 3.05) is 7.11 Å². The van der Waals surface area contributed by atoms with Crippen LogP contribution in [0.15, 0.2) is 0 Å². The fourth-order valence-corrected chi connectivity index (χ4v) is 0.950. The van der Waals surface area contributed by atoms with Crippen LogP contribution >= 0.6 is 0 Å². The van der Waals surface area contributed by atoms with E-state index in [4.69, 9.17) is 14.6 Å². The summed E-state index contributed by atoms with van der Waals surface area (Å²) in [6.45, 7) is 6.64. The molecule has 2 N–H and O–H groups in total. The van der Waals surface area contributed by atoms with Gasteiger partial charge in [-0.1, -0.05) is 0 Å². The second kappa shape index (κ2) is 5.69. The van der Waals surface area contributed by atoms with E-state index in [0.717, 1.165) is 0 Å². The standard InChI is InChI=1S/C10H19NO5/c1-6(15-5)7(8(12)13)11-9(14)16-10(2,3)4/h6-7H,1-5H3,(H,11,14)(H,12,13)/t6?,7-/m1/s1. The number of aliphatic carboxylic acids is 1. The number of amides is 1. The smallest absolute Gasteiger partial charge is 0.408 e. The Morgan fingerprint density at radius 1 is 1.31 bits per heavy atom. The van der Waals surface area contributed by atoms with Gasteiger partial charge in [-0.3, -0.25) is 0 Å². The predicted molar refractivity (Wildman–Crippen MR) is 57.3 cm³/mol. The molecule has 0 aromatic heterocycles. The minimum atomic E-state index is -1.17. The van der Waals surface area contributed by atoms with Crippen LogP contribution in [0.4, 0.5) is 4.79 Å². The zero-order chi connectivity index (χ0) is 12.9. The third kappa shape index (κ3) is 5.55. The van der Waals surface area contributed by atoms with Gasteiger partial charge < -0.3 is 19.9 Å². The Morgan fingerprint density at radius 3 is 2.12 bits per heavy atom. The molecule has 0 aliphatic rings. The van der Waals surface area contributed by atoms with Crippen molar-refractivity contribution >= 4 is 12.1 Å². The van der Waals surface area contributed by atoms with E-state index < -0.39 is 29.8 Å². The summed E-state index contributed by atoms with van der Waals surface area (Å²) in [5, 5.41) is 11.1. The molecular weight excluding hydrogens is 214 g/mol. The first-order valence-corrected chi connectivity index (χ1v) is 4.92. The van der Waals surface area contributed by atoms with Gasteiger partial charge in [0.05, 0.1) is 6.10 Å². The molecule has 2 atom stereocenters. The van der Waals surface area contributed by atoms with Crippen LogP contribution in [0.2, 0.25) is 0 Å². The highest BCUT2D eigenvalue weighted by Crippen LogP contribution is 2.07. The van der Waals surface area contributed by atoms with Crippen molar-refractivity contribution < 1.29 is 24.2 Å². The number of carboxylic acid groups (broad SMARTS) is 1. The van der Waals surface area contributed by atoms with Gasteiger partial charge in [-0.25, -0.2) is 9.59 Å². The Labute approximate surface area is 94.9 Å². The predicted octanol–water partition coefficient (Wildman–Crippen LogP) is 0.999. The average Bonchev–Trinajstić information content (AvgIpc) is 2.09. The Morgan fingerprint density at radius 2 is 1.81 bits per heavy atom. The zero-order valence-electron chi connectivity index (χ0n) is 10.2. The van der Waals surface area contributed by atoms with Gasteiger partial charge in [0, 0.05) is 7.11 Å². The zero-order valence-corrected chi connectivity index (χ0v) is 10.2. The second-order valence-electron chi connectivity index (χ2n) is 4.40. The normalized spacial score (nSPS) is 15.1. The first-order chi connectivity index (χ1) is 7.17. The molecule has 1 amide bonds. The summed E-state index contributed by atoms with van der Waals surface area (Å²) < 4.78 is 9.80. The quantitative estimate of drug-likeness (QED) is 0.756. The number of hydrogen-bond donors (Lipinski definition) is 2. The number of carbonyl (C=O) groups excluding carboxylic acids is 1. The number of carboxylic acids is 1. The molecule has 0 bridgehead atoms. The molecular formula is C10H19NO5. The van der Waals surface area contributed by atoms with Gasteiger partial charge in [0.15, 0.2) is 6.04 Å². The van der Waals surface area contributed by atoms with Gasteiger partial charge in [0.2, 0.25) is 0 Å². The van der Waals surface area contributed by atoms with Crippen LogP contribution in [0.3, 0.4) is 0 Å². The minimum Gasteiger partial charge on any atom is -0.480 e. The Bertz CT molecular complexity index is 258. The first kappa shape index (κ1) is 14.7. The van der Waals surface area contributed by atoms with Gasteiger partial charge in [0.1, 0.15) is 5.60 Å². The topological polar surface area (TPSA) is 84.9 Å². The lowest BCUT2D eigenvalue weighted by Crippen LogP contribution is -2.49. The lowest BCUT2D eigenvalue weighted by atomic mass is 10.2. The van der Waals surface area contributed by atoms with Gasteiger partial charge in [-0.2, -0.15) is 0 Å². The number of carbonyl (C=O) groups is 2. The van der Waals surface area contributed by atoms with Crippen molar-refractivity contribution in [3.8, 4) is 0 Å². The van der Waals surface area contributed by atoms with Gasteiger partial charge in [-0.15, -0.1) is 0 Å². The minimum absolute atomic E-state index is 0.634. The molecule has 1 unspecified atom stereocenters. The van der Waals surface area contributed by atoms with E-state index in [1.807, 2.05) is 0 Å². The average molecular weight is 233 g/mol. The summed E-state index contributed by atoms with van der Waals surface area (Å²) in [7, 11) is 1.37. The summed E-state index contributed by atoms with van der Waals surface area (Å²) in [5.74, 6) is -1.17. The van der Waals surface area contributed by atoms with E-state index in [1.54, 1.807) is 27.7 Å². The fraction of sp³-hybridized carbons (Fsp3) is 0.800. The molecule has 0 aromatic rings. The van der Waals surface area contributed by atoms with Crippen LogP contribution in [0, 0.1) is 0 Å². The number of methoxy groups -OCH3 is 1. The van der Waals surface area contributed by atoms with Crippen LogP contribution in [0.25, 0.3) is 0 Å². The first-order valence-electron chi connectivity index (χ1n) is 4.92. The van der Waals surface area contributed by atoms with E-state index in [9.17, 15) is 9.59 Å². The van der Waals surface area contributed by atoms with Crippen LogP contribution in [0.5, 0.6) is 0 Å². The van der Waals surface area contributed by atoms with Crippen molar-refractivity contribution in [2.45, 2.75) is 45.4 Å². The number of hydrogen-bond acceptors (Lipinski definition) is 4. The molecule has 0 fully saturated rings. The van der Waals surface area contributed by atoms with Crippen LogP contribution in [0.1, 0.15) is 27.7 Å². The molecule has 0 saturated carbocycles. The molecule has 94 valence electrons. The monoisotopic (exact) mass is 233 g/mol. The summed E-state index contributed by atoms with van der Waals surface area (Å²) in [6, 6.07) is -1.13. The lowest BCUT2D eigenvalue weighted by molar-refractivity contribution is -0.142. The van der Waals surface area contributed by atoms with E-state index >= 15 is 0 Å². The number of alkyl carbamates (subject to hydrolysis) is 1. The van der Waals surface area contributed by atoms with Crippen molar-refractivity contribution in [1.82, 2.24) is 5.32 Å². The van der Waals surface area contributed by atoms with Crippen LogP contribution < -0.4 is 5.32 Å². The maximum atomic E-state index is 11.3. The maximum Gasteiger partial charge on any atom is 0.408 e. The molecule has 0 spiro atoms. The highest BCUT2D eigenvalue weighted by Gasteiger charge is 2.28. The van der Waals surface area contributed by atoms with Crippen molar-refractivity contribution in [2.24, 2.45) is 0 Å². The highest BCUT2D eigenvalue weighted by atomic mass is 16.6. The van der Waals surface area contributed by atoms with E-state index in [0.29, 0.717) is 0 Å². The molecule has 6 heteroatoms. The van der Waals surface area contributed by atoms with E-state index in [1.165, 1.54) is 7.11 Å². The van der Waals surface area contributed by atoms with E-state index in [-0.39, 0.29) is 0 Å². The molecule has 0 heterocycles. The molecule has 0 rings (SSSR count). The largest absolute Gasteiger partial charge is 0.480 e. The Kier molecular flexibility index (Phi) is 5.23. The SMILES string of the molecule is COC(C)[C@@H](NC(=O)OC(C)(C)C)C(=O)O. The molecule has 16 heavy (non-hydrogen) atoms. The van der Waals surface area contributed by atoms with Gasteiger partial charge in [0.25, 0.3) is 0 Å². The molecule has 0 aromatic carbocycles. The van der Waals surface area contributed by atoms with Crippen molar-refractivity contribution in [1.29, 1.82) is 0 Å². The summed E-state index contributed by atoms with van der Waals surface area (Å²) in [4.78, 5) is 22.2. The summed E-state index contributed by atoms with van der Waals surface area (Å²) in [6.07, 6.45) is -1.41. The number of rotatable bonds is 4. The molecule has 0 radical (unpaired) electrons. The summed E-state index contributed by atoms with van der Waals surface area (Å²) in [5.41, 5.74) is -0.663. The third-order valence-electron chi connectivity index (χ3n) is 1.78. The Hall–Kier alpha value is -1.30. The maximum absolute atomic E-state index is 11.3. The van der Waals surface area contributed by atoms with Crippen molar-refractivity contribution in [3.05, 3.63) is 0 Å². The highest BCUT2D eigenvalue weighted by molar-refractivity contribution is 5.80. The molecule has 6 nitrogen and oxygen atoms in total. The lowest BCUT2D eigenvalue weighted by Gasteiger charge is -2.24. The Balaban J connectivity index is 4.42. The third-order valence-corrected chi connectivity index (χ3v) is 1.78. The summed E-state index contributed by atoms with van der Waals surface area (Å²) >= 11 is 0. The molecule has 0 aliphatic carbocycles. The fourth-order valence-electron chi connectivity index (χ4n) is 0.950. The van der Waals surface area contributed by atoms with Gasteiger partial charge in [-0.05, 0) is 27.7 Å². The number of nitrogens with one attached hydrogen (secondary N) is 1. The second-order valence-corrected chi connectivity index (χ2v) is 4.40. The van der Waals surface area contributed by atoms with Crippen molar-refractivity contribution in [3.63, 3.8) is 0 Å². The van der Waals surface area contributed by atoms with Gasteiger partial charge >= 0.3 is 12.1 Å². The van der Waals surface area contributed by atoms with Crippen LogP contribution in [-0.4, -0.2) is 42.0 Å². The molecule has 0 aliphatic heterocycles. The van der Waals surface area contributed by atoms with Crippen LogP contribution in [-0.2, 0) is 14.3 Å². The van der Waals surface area contributed by atoms with E-state index in [2.05, 4.69) is 5.32 Å². The number of ether oxygens (including phenoxy) is 2. The molecule has 0 saturated heterocycles.